The molecule has 2 heteroatoms. The zero-order valence-electron chi connectivity index (χ0n) is 13.9. The number of halogens is 1. The molecule has 0 unspecified atom stereocenters. The number of hydrogen-bond acceptors (Lipinski definition) is 1. The van der Waals surface area contributed by atoms with E-state index in [1.54, 1.807) is 0 Å². The minimum atomic E-state index is 1.08. The third kappa shape index (κ3) is 18.4. The van der Waals surface area contributed by atoms with E-state index in [0.29, 0.717) is 0 Å². The van der Waals surface area contributed by atoms with Crippen molar-refractivity contribution < 1.29 is 0 Å². The maximum absolute atomic E-state index is 3.43. The molecular formula is C18H38BrN. The summed E-state index contributed by atoms with van der Waals surface area (Å²) < 4.78 is 0. The molecule has 0 atom stereocenters. The Morgan fingerprint density at radius 1 is 0.550 bits per heavy atom. The van der Waals surface area contributed by atoms with Gasteiger partial charge in [-0.3, -0.25) is 0 Å². The van der Waals surface area contributed by atoms with Gasteiger partial charge in [0, 0.05) is 11.9 Å². The summed E-state index contributed by atoms with van der Waals surface area (Å²) in [4.78, 5) is 0. The van der Waals surface area contributed by atoms with Crippen LogP contribution in [0.5, 0.6) is 0 Å². The number of rotatable bonds is 17. The molecule has 0 spiro atoms. The van der Waals surface area contributed by atoms with Crippen LogP contribution in [0.4, 0.5) is 0 Å². The summed E-state index contributed by atoms with van der Waals surface area (Å²) in [5.74, 6) is 0. The fourth-order valence-corrected chi connectivity index (χ4v) is 2.92. The Balaban J connectivity index is 2.89. The van der Waals surface area contributed by atoms with Crippen molar-refractivity contribution in [3.63, 3.8) is 0 Å². The Labute approximate surface area is 136 Å². The standard InChI is InChI=1S/C18H38BrN/c1-2-3-4-5-6-7-8-9-10-11-12-13-14-15-17-20-18-16-19/h20H,2-18H2,1H3. The molecule has 0 bridgehead atoms. The average molecular weight is 348 g/mol. The van der Waals surface area contributed by atoms with E-state index in [4.69, 9.17) is 0 Å². The molecule has 0 aliphatic rings. The monoisotopic (exact) mass is 347 g/mol. The number of unbranched alkanes of at least 4 members (excludes halogenated alkanes) is 13. The van der Waals surface area contributed by atoms with Crippen LogP contribution in [-0.2, 0) is 0 Å². The SMILES string of the molecule is CCCCCCCCCCCCCCCCNCCBr. The third-order valence-electron chi connectivity index (χ3n) is 3.98. The molecule has 0 rings (SSSR count). The highest BCUT2D eigenvalue weighted by molar-refractivity contribution is 9.09. The summed E-state index contributed by atoms with van der Waals surface area (Å²) in [6, 6.07) is 0. The average Bonchev–Trinajstić information content (AvgIpc) is 2.47. The van der Waals surface area contributed by atoms with Crippen LogP contribution in [0.2, 0.25) is 0 Å². The second-order valence-electron chi connectivity index (χ2n) is 6.04. The van der Waals surface area contributed by atoms with E-state index in [1.165, 1.54) is 96.4 Å². The molecule has 0 radical (unpaired) electrons. The van der Waals surface area contributed by atoms with E-state index in [-0.39, 0.29) is 0 Å². The van der Waals surface area contributed by atoms with Crippen LogP contribution >= 0.6 is 15.9 Å². The van der Waals surface area contributed by atoms with Gasteiger partial charge >= 0.3 is 0 Å². The Kier molecular flexibility index (Phi) is 19.9. The van der Waals surface area contributed by atoms with Crippen LogP contribution in [0.3, 0.4) is 0 Å². The normalized spacial score (nSPS) is 11.1. The summed E-state index contributed by atoms with van der Waals surface area (Å²) in [6.07, 6.45) is 20.2. The topological polar surface area (TPSA) is 12.0 Å². The zero-order valence-corrected chi connectivity index (χ0v) is 15.5. The first-order valence-electron chi connectivity index (χ1n) is 9.18. The molecule has 0 aliphatic carbocycles. The van der Waals surface area contributed by atoms with Crippen LogP contribution in [0.25, 0.3) is 0 Å². The van der Waals surface area contributed by atoms with Crippen molar-refractivity contribution in [2.45, 2.75) is 96.8 Å². The molecule has 0 heterocycles. The molecule has 0 aromatic carbocycles. The Hall–Kier alpha value is 0.440. The lowest BCUT2D eigenvalue weighted by Gasteiger charge is -2.04. The van der Waals surface area contributed by atoms with Crippen LogP contribution in [0.1, 0.15) is 96.8 Å². The molecule has 20 heavy (non-hydrogen) atoms. The van der Waals surface area contributed by atoms with E-state index < -0.39 is 0 Å². The molecular weight excluding hydrogens is 310 g/mol. The van der Waals surface area contributed by atoms with Gasteiger partial charge in [-0.1, -0.05) is 106 Å². The van der Waals surface area contributed by atoms with E-state index in [2.05, 4.69) is 28.2 Å². The summed E-state index contributed by atoms with van der Waals surface area (Å²) in [5, 5.41) is 4.51. The first-order chi connectivity index (χ1) is 9.91. The summed E-state index contributed by atoms with van der Waals surface area (Å²) in [6.45, 7) is 4.60. The fourth-order valence-electron chi connectivity index (χ4n) is 2.64. The summed E-state index contributed by atoms with van der Waals surface area (Å²) in [7, 11) is 0. The van der Waals surface area contributed by atoms with Crippen molar-refractivity contribution >= 4 is 15.9 Å². The van der Waals surface area contributed by atoms with Gasteiger partial charge in [-0.15, -0.1) is 0 Å². The number of hydrogen-bond donors (Lipinski definition) is 1. The quantitative estimate of drug-likeness (QED) is 0.235. The molecule has 0 amide bonds. The number of alkyl halides is 1. The predicted molar refractivity (Wildman–Crippen MR) is 97.0 cm³/mol. The zero-order chi connectivity index (χ0) is 14.7. The smallest absolute Gasteiger partial charge is 0.0157 e. The van der Waals surface area contributed by atoms with Crippen molar-refractivity contribution in [3.8, 4) is 0 Å². The Bertz CT molecular complexity index is 143. The van der Waals surface area contributed by atoms with Crippen LogP contribution in [0, 0.1) is 0 Å². The third-order valence-corrected chi connectivity index (χ3v) is 4.37. The molecule has 0 aliphatic heterocycles. The molecule has 0 aromatic heterocycles. The van der Waals surface area contributed by atoms with E-state index in [9.17, 15) is 0 Å². The maximum atomic E-state index is 3.43. The molecule has 122 valence electrons. The van der Waals surface area contributed by atoms with Crippen molar-refractivity contribution in [1.82, 2.24) is 5.32 Å². The van der Waals surface area contributed by atoms with Crippen molar-refractivity contribution in [2.75, 3.05) is 18.4 Å². The second-order valence-corrected chi connectivity index (χ2v) is 6.83. The lowest BCUT2D eigenvalue weighted by atomic mass is 10.0. The Morgan fingerprint density at radius 2 is 0.950 bits per heavy atom. The van der Waals surface area contributed by atoms with Crippen LogP contribution < -0.4 is 5.32 Å². The molecule has 0 saturated carbocycles. The molecule has 0 saturated heterocycles. The van der Waals surface area contributed by atoms with E-state index in [0.717, 1.165) is 11.9 Å². The predicted octanol–water partition coefficient (Wildman–Crippen LogP) is 6.45. The van der Waals surface area contributed by atoms with Gasteiger partial charge in [0.05, 0.1) is 0 Å². The molecule has 1 N–H and O–H groups in total. The van der Waals surface area contributed by atoms with Gasteiger partial charge in [0.1, 0.15) is 0 Å². The van der Waals surface area contributed by atoms with E-state index in [1.807, 2.05) is 0 Å². The van der Waals surface area contributed by atoms with Gasteiger partial charge < -0.3 is 5.32 Å². The fraction of sp³-hybridized carbons (Fsp3) is 1.00. The minimum Gasteiger partial charge on any atom is -0.316 e. The van der Waals surface area contributed by atoms with E-state index >= 15 is 0 Å². The molecule has 1 nitrogen and oxygen atoms in total. The molecule has 0 aromatic rings. The highest BCUT2D eigenvalue weighted by atomic mass is 79.9. The van der Waals surface area contributed by atoms with Gasteiger partial charge in [-0.05, 0) is 13.0 Å². The lowest BCUT2D eigenvalue weighted by Crippen LogP contribution is -2.17. The first kappa shape index (κ1) is 20.4. The highest BCUT2D eigenvalue weighted by Crippen LogP contribution is 2.12. The van der Waals surface area contributed by atoms with Crippen molar-refractivity contribution in [1.29, 1.82) is 0 Å². The molecule has 0 fully saturated rings. The first-order valence-corrected chi connectivity index (χ1v) is 10.3. The Morgan fingerprint density at radius 3 is 1.35 bits per heavy atom. The maximum Gasteiger partial charge on any atom is 0.0157 e. The van der Waals surface area contributed by atoms with Crippen LogP contribution in [-0.4, -0.2) is 18.4 Å². The summed E-state index contributed by atoms with van der Waals surface area (Å²) in [5.41, 5.74) is 0. The largest absolute Gasteiger partial charge is 0.316 e. The van der Waals surface area contributed by atoms with Crippen molar-refractivity contribution in [2.24, 2.45) is 0 Å². The van der Waals surface area contributed by atoms with Crippen LogP contribution in [0.15, 0.2) is 0 Å². The second kappa shape index (κ2) is 19.4. The lowest BCUT2D eigenvalue weighted by molar-refractivity contribution is 0.531. The van der Waals surface area contributed by atoms with Gasteiger partial charge in [0.15, 0.2) is 0 Å². The minimum absolute atomic E-state index is 1.08. The van der Waals surface area contributed by atoms with Gasteiger partial charge in [-0.2, -0.15) is 0 Å². The van der Waals surface area contributed by atoms with Gasteiger partial charge in [0.2, 0.25) is 0 Å². The van der Waals surface area contributed by atoms with Crippen molar-refractivity contribution in [3.05, 3.63) is 0 Å². The highest BCUT2D eigenvalue weighted by Gasteiger charge is 1.94. The van der Waals surface area contributed by atoms with Gasteiger partial charge in [-0.25, -0.2) is 0 Å². The summed E-state index contributed by atoms with van der Waals surface area (Å²) >= 11 is 3.43. The van der Waals surface area contributed by atoms with Gasteiger partial charge in [0.25, 0.3) is 0 Å². The number of nitrogens with one attached hydrogen (secondary N) is 1.